The predicted molar refractivity (Wildman–Crippen MR) is 41.1 cm³/mol. The van der Waals surface area contributed by atoms with Gasteiger partial charge in [-0.05, 0) is 18.7 Å². The average Bonchev–Trinajstić information content (AvgIpc) is 1.89. The molecule has 0 aliphatic carbocycles. The maximum Gasteiger partial charge on any atom is 0.111 e. The molecule has 0 unspecified atom stereocenters. The molecule has 0 amide bonds. The fourth-order valence-corrected chi connectivity index (χ4v) is 1.06. The van der Waals surface area contributed by atoms with Crippen molar-refractivity contribution in [2.24, 2.45) is 0 Å². The van der Waals surface area contributed by atoms with Crippen LogP contribution in [-0.4, -0.2) is 17.4 Å². The highest BCUT2D eigenvalue weighted by Gasteiger charge is 2.08. The largest absolute Gasteiger partial charge is 0.375 e. The number of hydrogen-bond acceptors (Lipinski definition) is 2. The first-order chi connectivity index (χ1) is 4.34. The fraction of sp³-hybridized carbons (Fsp3) is 0.500. The molecular formula is C6H8N2S. The first-order valence-electron chi connectivity index (χ1n) is 2.91. The van der Waals surface area contributed by atoms with Crippen molar-refractivity contribution >= 4 is 23.1 Å². The minimum absolute atomic E-state index is 0.705. The highest BCUT2D eigenvalue weighted by atomic mass is 32.1. The Morgan fingerprint density at radius 3 is 2.89 bits per heavy atom. The summed E-state index contributed by atoms with van der Waals surface area (Å²) in [5.41, 5.74) is 0.844. The van der Waals surface area contributed by atoms with E-state index in [2.05, 4.69) is 11.2 Å². The molecule has 1 heterocycles. The molecule has 0 saturated carbocycles. The molecule has 0 bridgehead atoms. The zero-order valence-corrected chi connectivity index (χ0v) is 5.85. The number of hydrogen-bond donors (Lipinski definition) is 2. The maximum atomic E-state index is 6.81. The summed E-state index contributed by atoms with van der Waals surface area (Å²) in [6, 6.07) is 0. The van der Waals surface area contributed by atoms with Gasteiger partial charge in [-0.25, -0.2) is 0 Å². The molecule has 1 fully saturated rings. The van der Waals surface area contributed by atoms with Crippen LogP contribution in [0.25, 0.3) is 0 Å². The zero-order valence-electron chi connectivity index (χ0n) is 5.03. The monoisotopic (exact) mass is 140 g/mol. The van der Waals surface area contributed by atoms with Crippen LogP contribution in [0.3, 0.4) is 0 Å². The smallest absolute Gasteiger partial charge is 0.111 e. The van der Waals surface area contributed by atoms with Crippen LogP contribution in [0, 0.1) is 5.41 Å². The molecule has 1 rings (SSSR count). The van der Waals surface area contributed by atoms with Crippen LogP contribution in [0.2, 0.25) is 0 Å². The lowest BCUT2D eigenvalue weighted by Crippen LogP contribution is -2.29. The van der Waals surface area contributed by atoms with E-state index < -0.39 is 0 Å². The lowest BCUT2D eigenvalue weighted by atomic mass is 10.1. The van der Waals surface area contributed by atoms with Gasteiger partial charge in [-0.3, -0.25) is 5.41 Å². The highest BCUT2D eigenvalue weighted by Crippen LogP contribution is 2.06. The van der Waals surface area contributed by atoms with Gasteiger partial charge >= 0.3 is 0 Å². The summed E-state index contributed by atoms with van der Waals surface area (Å²) >= 11 is 4.90. The SMILES string of the molecule is N=C=C1CCCNC1=S. The van der Waals surface area contributed by atoms with Crippen molar-refractivity contribution < 1.29 is 0 Å². The summed E-state index contributed by atoms with van der Waals surface area (Å²) in [6.07, 6.45) is 1.98. The van der Waals surface area contributed by atoms with Gasteiger partial charge in [-0.1, -0.05) is 12.2 Å². The molecule has 9 heavy (non-hydrogen) atoms. The number of piperidine rings is 1. The van der Waals surface area contributed by atoms with E-state index in [4.69, 9.17) is 17.6 Å². The summed E-state index contributed by atoms with van der Waals surface area (Å²) in [7, 11) is 0. The summed E-state index contributed by atoms with van der Waals surface area (Å²) in [6.45, 7) is 0.948. The van der Waals surface area contributed by atoms with Crippen LogP contribution >= 0.6 is 12.2 Å². The molecule has 0 atom stereocenters. The minimum Gasteiger partial charge on any atom is -0.375 e. The van der Waals surface area contributed by atoms with Gasteiger partial charge in [0.05, 0.1) is 0 Å². The second kappa shape index (κ2) is 2.76. The van der Waals surface area contributed by atoms with Crippen molar-refractivity contribution in [3.8, 4) is 0 Å². The molecule has 0 aromatic rings. The van der Waals surface area contributed by atoms with Gasteiger partial charge in [0.15, 0.2) is 0 Å². The van der Waals surface area contributed by atoms with E-state index in [0.717, 1.165) is 25.0 Å². The lowest BCUT2D eigenvalue weighted by molar-refractivity contribution is 0.751. The van der Waals surface area contributed by atoms with Gasteiger partial charge in [0.1, 0.15) is 4.99 Å². The van der Waals surface area contributed by atoms with Crippen molar-refractivity contribution in [3.63, 3.8) is 0 Å². The standard InChI is InChI=1S/C6H8N2S/c7-4-5-2-1-3-8-6(5)9/h7H,1-3H2,(H,8,9). The van der Waals surface area contributed by atoms with Crippen LogP contribution in [0.1, 0.15) is 12.8 Å². The van der Waals surface area contributed by atoms with Crippen molar-refractivity contribution in [3.05, 3.63) is 5.57 Å². The fourth-order valence-electron chi connectivity index (χ4n) is 0.807. The Kier molecular flexibility index (Phi) is 1.98. The molecule has 0 aromatic heterocycles. The van der Waals surface area contributed by atoms with Crippen LogP contribution in [-0.2, 0) is 0 Å². The Morgan fingerprint density at radius 1 is 1.67 bits per heavy atom. The van der Waals surface area contributed by atoms with Gasteiger partial charge in [0.2, 0.25) is 0 Å². The molecule has 0 aromatic carbocycles. The van der Waals surface area contributed by atoms with Gasteiger partial charge in [-0.15, -0.1) is 0 Å². The average molecular weight is 140 g/mol. The molecule has 1 aliphatic heterocycles. The third-order valence-electron chi connectivity index (χ3n) is 1.31. The van der Waals surface area contributed by atoms with Crippen LogP contribution < -0.4 is 5.32 Å². The van der Waals surface area contributed by atoms with Crippen LogP contribution in [0.15, 0.2) is 5.57 Å². The van der Waals surface area contributed by atoms with E-state index in [9.17, 15) is 0 Å². The topological polar surface area (TPSA) is 35.9 Å². The molecule has 2 nitrogen and oxygen atoms in total. The Labute approximate surface area is 59.5 Å². The van der Waals surface area contributed by atoms with E-state index in [-0.39, 0.29) is 0 Å². The molecule has 1 aliphatic rings. The van der Waals surface area contributed by atoms with Gasteiger partial charge in [0.25, 0.3) is 0 Å². The molecule has 48 valence electrons. The minimum atomic E-state index is 0.705. The molecular weight excluding hydrogens is 132 g/mol. The normalized spacial score (nSPS) is 18.7. The predicted octanol–water partition coefficient (Wildman–Crippen LogP) is 0.872. The Bertz CT molecular complexity index is 179. The summed E-state index contributed by atoms with van der Waals surface area (Å²) in [5, 5.41) is 9.81. The Morgan fingerprint density at radius 2 is 2.44 bits per heavy atom. The molecule has 0 spiro atoms. The van der Waals surface area contributed by atoms with Crippen molar-refractivity contribution in [2.45, 2.75) is 12.8 Å². The Hall–Kier alpha value is -0.660. The molecule has 3 heteroatoms. The number of nitrogens with one attached hydrogen (secondary N) is 2. The maximum absolute atomic E-state index is 6.81. The van der Waals surface area contributed by atoms with E-state index in [1.165, 1.54) is 0 Å². The van der Waals surface area contributed by atoms with E-state index >= 15 is 0 Å². The number of thiocarbonyl (C=S) groups is 1. The van der Waals surface area contributed by atoms with E-state index in [1.807, 2.05) is 0 Å². The molecule has 1 saturated heterocycles. The summed E-state index contributed by atoms with van der Waals surface area (Å²) in [4.78, 5) is 0.705. The molecule has 2 N–H and O–H groups in total. The second-order valence-electron chi connectivity index (χ2n) is 1.96. The second-order valence-corrected chi connectivity index (χ2v) is 2.37. The third-order valence-corrected chi connectivity index (χ3v) is 1.70. The summed E-state index contributed by atoms with van der Waals surface area (Å²) in [5.74, 6) is 2.32. The van der Waals surface area contributed by atoms with Crippen LogP contribution in [0.5, 0.6) is 0 Å². The zero-order chi connectivity index (χ0) is 6.69. The van der Waals surface area contributed by atoms with Gasteiger partial charge in [0, 0.05) is 12.1 Å². The van der Waals surface area contributed by atoms with Crippen molar-refractivity contribution in [2.75, 3.05) is 6.54 Å². The summed E-state index contributed by atoms with van der Waals surface area (Å²) < 4.78 is 0. The van der Waals surface area contributed by atoms with E-state index in [1.54, 1.807) is 0 Å². The van der Waals surface area contributed by atoms with Crippen molar-refractivity contribution in [1.29, 1.82) is 5.41 Å². The number of rotatable bonds is 0. The Balaban J connectivity index is 2.71. The van der Waals surface area contributed by atoms with E-state index in [0.29, 0.717) is 4.99 Å². The third kappa shape index (κ3) is 1.37. The first kappa shape index (κ1) is 6.46. The molecule has 0 radical (unpaired) electrons. The first-order valence-corrected chi connectivity index (χ1v) is 3.32. The van der Waals surface area contributed by atoms with Crippen molar-refractivity contribution in [1.82, 2.24) is 5.32 Å². The van der Waals surface area contributed by atoms with Crippen LogP contribution in [0.4, 0.5) is 0 Å². The lowest BCUT2D eigenvalue weighted by Gasteiger charge is -2.14. The van der Waals surface area contributed by atoms with Gasteiger partial charge in [-0.2, -0.15) is 0 Å². The quantitative estimate of drug-likeness (QED) is 0.297. The highest BCUT2D eigenvalue weighted by molar-refractivity contribution is 7.80. The van der Waals surface area contributed by atoms with Gasteiger partial charge < -0.3 is 5.32 Å².